The van der Waals surface area contributed by atoms with Gasteiger partial charge in [-0.15, -0.1) is 11.3 Å². The number of carbonyl (C=O) groups is 1. The number of nitrogens with one attached hydrogen (secondary N) is 2. The van der Waals surface area contributed by atoms with E-state index in [1.54, 1.807) is 25.3 Å². The molecule has 2 rings (SSSR count). The van der Waals surface area contributed by atoms with Crippen LogP contribution in [-0.4, -0.2) is 29.0 Å². The van der Waals surface area contributed by atoms with Crippen LogP contribution in [0, 0.1) is 0 Å². The molecule has 1 unspecified atom stereocenters. The molecule has 6 heteroatoms. The Balaban J connectivity index is 2.27. The number of likely N-dealkylation sites (N-methyl/N-ethyl adjacent to an activating group) is 1. The summed E-state index contributed by atoms with van der Waals surface area (Å²) in [5, 5.41) is 7.61. The number of hydrogen-bond acceptors (Lipinski definition) is 5. The lowest BCUT2D eigenvalue weighted by molar-refractivity contribution is -0.121. The maximum atomic E-state index is 11.4. The molecule has 0 bridgehead atoms. The van der Waals surface area contributed by atoms with Gasteiger partial charge in [-0.2, -0.15) is 0 Å². The lowest BCUT2D eigenvalue weighted by Crippen LogP contribution is -2.35. The van der Waals surface area contributed by atoms with Gasteiger partial charge < -0.3 is 10.6 Å². The van der Waals surface area contributed by atoms with Gasteiger partial charge in [0.05, 0.1) is 10.2 Å². The molecule has 0 saturated heterocycles. The predicted molar refractivity (Wildman–Crippen MR) is 64.6 cm³/mol. The van der Waals surface area contributed by atoms with Crippen molar-refractivity contribution in [3.05, 3.63) is 17.8 Å². The summed E-state index contributed by atoms with van der Waals surface area (Å²) in [6.45, 7) is 1.79. The van der Waals surface area contributed by atoms with Crippen LogP contribution in [0.2, 0.25) is 0 Å². The zero-order chi connectivity index (χ0) is 11.5. The van der Waals surface area contributed by atoms with E-state index in [0.29, 0.717) is 5.82 Å². The molecule has 2 heterocycles. The van der Waals surface area contributed by atoms with Crippen LogP contribution in [0.3, 0.4) is 0 Å². The molecule has 1 atom stereocenters. The van der Waals surface area contributed by atoms with Crippen LogP contribution in [0.1, 0.15) is 6.92 Å². The molecule has 16 heavy (non-hydrogen) atoms. The third kappa shape index (κ3) is 1.96. The molecule has 0 spiro atoms. The minimum Gasteiger partial charge on any atom is -0.357 e. The summed E-state index contributed by atoms with van der Waals surface area (Å²) in [6, 6.07) is 1.61. The van der Waals surface area contributed by atoms with E-state index in [1.807, 2.05) is 11.4 Å². The van der Waals surface area contributed by atoms with Gasteiger partial charge >= 0.3 is 0 Å². The maximum Gasteiger partial charge on any atom is 0.241 e. The third-order valence-corrected chi connectivity index (χ3v) is 3.15. The number of fused-ring (bicyclic) bond motifs is 1. The molecule has 5 nitrogen and oxygen atoms in total. The second-order valence-corrected chi connectivity index (χ2v) is 4.25. The van der Waals surface area contributed by atoms with Crippen LogP contribution < -0.4 is 10.6 Å². The summed E-state index contributed by atoms with van der Waals surface area (Å²) in [5.74, 6) is 0.638. The Morgan fingerprint density at radius 1 is 1.50 bits per heavy atom. The minimum atomic E-state index is -0.315. The average Bonchev–Trinajstić information content (AvgIpc) is 2.77. The first-order valence-corrected chi connectivity index (χ1v) is 5.76. The van der Waals surface area contributed by atoms with Crippen molar-refractivity contribution >= 4 is 33.3 Å². The molecule has 0 aromatic carbocycles. The van der Waals surface area contributed by atoms with Crippen molar-refractivity contribution in [1.29, 1.82) is 0 Å². The van der Waals surface area contributed by atoms with Crippen molar-refractivity contribution in [2.24, 2.45) is 0 Å². The summed E-state index contributed by atoms with van der Waals surface area (Å²) in [7, 11) is 1.61. The van der Waals surface area contributed by atoms with Gasteiger partial charge in [0.2, 0.25) is 5.91 Å². The van der Waals surface area contributed by atoms with Gasteiger partial charge in [0.15, 0.2) is 0 Å². The number of carbonyl (C=O) groups excluding carboxylic acids is 1. The van der Waals surface area contributed by atoms with Crippen LogP contribution in [-0.2, 0) is 4.79 Å². The van der Waals surface area contributed by atoms with Gasteiger partial charge in [-0.3, -0.25) is 4.79 Å². The second-order valence-electron chi connectivity index (χ2n) is 3.34. The number of anilines is 1. The number of rotatable bonds is 3. The summed E-state index contributed by atoms with van der Waals surface area (Å²) < 4.78 is 0.971. The number of amides is 1. The molecule has 0 saturated carbocycles. The van der Waals surface area contributed by atoms with E-state index in [1.165, 1.54) is 6.33 Å². The average molecular weight is 236 g/mol. The van der Waals surface area contributed by atoms with Gasteiger partial charge in [-0.05, 0) is 18.4 Å². The van der Waals surface area contributed by atoms with Crippen LogP contribution in [0.5, 0.6) is 0 Å². The quantitative estimate of drug-likeness (QED) is 0.841. The fourth-order valence-electron chi connectivity index (χ4n) is 1.38. The largest absolute Gasteiger partial charge is 0.357 e. The first kappa shape index (κ1) is 10.8. The Hall–Kier alpha value is -1.69. The standard InChI is InChI=1S/C10H12N4OS/c1-6(10(15)11-2)14-9-8-7(3-4-16-8)12-5-13-9/h3-6H,1-2H3,(H,11,15)(H,12,13,14). The molecular formula is C10H12N4OS. The fraction of sp³-hybridized carbons (Fsp3) is 0.300. The van der Waals surface area contributed by atoms with E-state index in [-0.39, 0.29) is 11.9 Å². The van der Waals surface area contributed by atoms with E-state index in [2.05, 4.69) is 20.6 Å². The Morgan fingerprint density at radius 3 is 3.06 bits per heavy atom. The Kier molecular flexibility index (Phi) is 3.00. The highest BCUT2D eigenvalue weighted by atomic mass is 32.1. The van der Waals surface area contributed by atoms with Crippen LogP contribution in [0.25, 0.3) is 10.2 Å². The normalized spacial score (nSPS) is 12.4. The Bertz CT molecular complexity index is 510. The van der Waals surface area contributed by atoms with Gasteiger partial charge in [-0.1, -0.05) is 0 Å². The second kappa shape index (κ2) is 4.44. The summed E-state index contributed by atoms with van der Waals surface area (Å²) >= 11 is 1.56. The lowest BCUT2D eigenvalue weighted by atomic mass is 10.3. The van der Waals surface area contributed by atoms with Crippen molar-refractivity contribution in [2.45, 2.75) is 13.0 Å². The van der Waals surface area contributed by atoms with E-state index in [9.17, 15) is 4.79 Å². The molecule has 2 N–H and O–H groups in total. The molecule has 1 amide bonds. The Labute approximate surface area is 96.9 Å². The third-order valence-electron chi connectivity index (χ3n) is 2.24. The molecule has 2 aromatic rings. The van der Waals surface area contributed by atoms with E-state index in [4.69, 9.17) is 0 Å². The van der Waals surface area contributed by atoms with Crippen LogP contribution in [0.4, 0.5) is 5.82 Å². The van der Waals surface area contributed by atoms with Gasteiger partial charge in [0, 0.05) is 7.05 Å². The van der Waals surface area contributed by atoms with Crippen molar-refractivity contribution in [2.75, 3.05) is 12.4 Å². The molecule has 0 radical (unpaired) electrons. The van der Waals surface area contributed by atoms with Crippen LogP contribution >= 0.6 is 11.3 Å². The van der Waals surface area contributed by atoms with E-state index < -0.39 is 0 Å². The van der Waals surface area contributed by atoms with Crippen LogP contribution in [0.15, 0.2) is 17.8 Å². The van der Waals surface area contributed by atoms with Crippen molar-refractivity contribution in [1.82, 2.24) is 15.3 Å². The summed E-state index contributed by atoms with van der Waals surface area (Å²) in [4.78, 5) is 19.7. The van der Waals surface area contributed by atoms with E-state index in [0.717, 1.165) is 10.2 Å². The molecule has 0 aliphatic heterocycles. The zero-order valence-electron chi connectivity index (χ0n) is 9.02. The molecule has 0 aliphatic carbocycles. The van der Waals surface area contributed by atoms with Gasteiger partial charge in [0.25, 0.3) is 0 Å². The zero-order valence-corrected chi connectivity index (χ0v) is 9.84. The van der Waals surface area contributed by atoms with E-state index >= 15 is 0 Å². The smallest absolute Gasteiger partial charge is 0.241 e. The highest BCUT2D eigenvalue weighted by Crippen LogP contribution is 2.25. The van der Waals surface area contributed by atoms with Crippen molar-refractivity contribution in [3.8, 4) is 0 Å². The number of aromatic nitrogens is 2. The minimum absolute atomic E-state index is 0.0664. The number of hydrogen-bond donors (Lipinski definition) is 2. The predicted octanol–water partition coefficient (Wildman–Crippen LogP) is 1.24. The van der Waals surface area contributed by atoms with Crippen molar-refractivity contribution < 1.29 is 4.79 Å². The highest BCUT2D eigenvalue weighted by Gasteiger charge is 2.13. The maximum absolute atomic E-state index is 11.4. The molecule has 0 aliphatic rings. The summed E-state index contributed by atoms with van der Waals surface area (Å²) in [6.07, 6.45) is 1.49. The monoisotopic (exact) mass is 236 g/mol. The van der Waals surface area contributed by atoms with Gasteiger partial charge in [-0.25, -0.2) is 9.97 Å². The fourth-order valence-corrected chi connectivity index (χ4v) is 2.18. The molecular weight excluding hydrogens is 224 g/mol. The van der Waals surface area contributed by atoms with Crippen molar-refractivity contribution in [3.63, 3.8) is 0 Å². The van der Waals surface area contributed by atoms with Gasteiger partial charge in [0.1, 0.15) is 18.2 Å². The molecule has 0 fully saturated rings. The lowest BCUT2D eigenvalue weighted by Gasteiger charge is -2.12. The first-order chi connectivity index (χ1) is 7.72. The molecule has 84 valence electrons. The highest BCUT2D eigenvalue weighted by molar-refractivity contribution is 7.17. The molecule has 2 aromatic heterocycles. The summed E-state index contributed by atoms with van der Waals surface area (Å²) in [5.41, 5.74) is 0.895. The topological polar surface area (TPSA) is 66.9 Å². The SMILES string of the molecule is CNC(=O)C(C)Nc1ncnc2ccsc12. The Morgan fingerprint density at radius 2 is 2.31 bits per heavy atom. The first-order valence-electron chi connectivity index (χ1n) is 4.88. The number of thiophene rings is 1. The number of nitrogens with zero attached hydrogens (tertiary/aromatic N) is 2.